The lowest BCUT2D eigenvalue weighted by Crippen LogP contribution is -2.42. The molecule has 0 spiro atoms. The SMILES string of the molecule is CC(=O)OC1O[C@H](CO)[C@H](OS(=O)(=O)c2ccc(C)cc2)C1OC(C)=O. The van der Waals surface area contributed by atoms with E-state index in [4.69, 9.17) is 18.4 Å². The molecule has 0 saturated carbocycles. The molecule has 2 unspecified atom stereocenters. The first-order chi connectivity index (χ1) is 12.1. The van der Waals surface area contributed by atoms with E-state index >= 15 is 0 Å². The Hall–Kier alpha value is -2.01. The summed E-state index contributed by atoms with van der Waals surface area (Å²) in [4.78, 5) is 22.5. The highest BCUT2D eigenvalue weighted by Crippen LogP contribution is 2.30. The largest absolute Gasteiger partial charge is 0.453 e. The molecule has 1 aliphatic rings. The van der Waals surface area contributed by atoms with E-state index in [0.717, 1.165) is 19.4 Å². The number of carbonyl (C=O) groups excluding carboxylic acids is 2. The van der Waals surface area contributed by atoms with Gasteiger partial charge in [-0.1, -0.05) is 17.7 Å². The monoisotopic (exact) mass is 388 g/mol. The van der Waals surface area contributed by atoms with Gasteiger partial charge in [0.25, 0.3) is 10.1 Å². The van der Waals surface area contributed by atoms with Crippen LogP contribution in [0.25, 0.3) is 0 Å². The van der Waals surface area contributed by atoms with Crippen molar-refractivity contribution in [3.05, 3.63) is 29.8 Å². The summed E-state index contributed by atoms with van der Waals surface area (Å²) in [6, 6.07) is 5.91. The van der Waals surface area contributed by atoms with Crippen LogP contribution in [0.2, 0.25) is 0 Å². The van der Waals surface area contributed by atoms with Gasteiger partial charge in [-0.2, -0.15) is 8.42 Å². The highest BCUT2D eigenvalue weighted by atomic mass is 32.2. The van der Waals surface area contributed by atoms with Crippen LogP contribution in [-0.2, 0) is 38.1 Å². The summed E-state index contributed by atoms with van der Waals surface area (Å²) < 4.78 is 45.4. The Morgan fingerprint density at radius 1 is 1.08 bits per heavy atom. The fourth-order valence-corrected chi connectivity index (χ4v) is 3.54. The summed E-state index contributed by atoms with van der Waals surface area (Å²) in [5, 5.41) is 9.46. The van der Waals surface area contributed by atoms with Crippen molar-refractivity contribution in [1.82, 2.24) is 0 Å². The molecule has 0 radical (unpaired) electrons. The van der Waals surface area contributed by atoms with Gasteiger partial charge in [0.1, 0.15) is 12.2 Å². The Balaban J connectivity index is 2.31. The first-order valence-electron chi connectivity index (χ1n) is 7.74. The summed E-state index contributed by atoms with van der Waals surface area (Å²) in [5.74, 6) is -1.48. The van der Waals surface area contributed by atoms with Gasteiger partial charge in [0.05, 0.1) is 11.5 Å². The van der Waals surface area contributed by atoms with E-state index in [1.54, 1.807) is 19.1 Å². The number of esters is 2. The fourth-order valence-electron chi connectivity index (χ4n) is 2.44. The molecule has 0 amide bonds. The summed E-state index contributed by atoms with van der Waals surface area (Å²) >= 11 is 0. The minimum atomic E-state index is -4.25. The number of hydrogen-bond donors (Lipinski definition) is 1. The standard InChI is InChI=1S/C16H20O9S/c1-9-4-6-12(7-5-9)26(20,21)25-14-13(8-17)24-16(23-11(3)19)15(14)22-10(2)18/h4-7,13-17H,8H2,1-3H3/t13-,14+,15?,16?/m1/s1. The molecule has 0 aromatic heterocycles. The van der Waals surface area contributed by atoms with Crippen LogP contribution in [0, 0.1) is 6.92 Å². The van der Waals surface area contributed by atoms with Gasteiger partial charge in [-0.3, -0.25) is 13.8 Å². The average molecular weight is 388 g/mol. The molecule has 144 valence electrons. The summed E-state index contributed by atoms with van der Waals surface area (Å²) in [5.41, 5.74) is 0.856. The molecular formula is C16H20O9S. The van der Waals surface area contributed by atoms with E-state index in [9.17, 15) is 23.1 Å². The minimum Gasteiger partial charge on any atom is -0.453 e. The van der Waals surface area contributed by atoms with Gasteiger partial charge in [-0.15, -0.1) is 0 Å². The average Bonchev–Trinajstić information content (AvgIpc) is 2.83. The molecule has 26 heavy (non-hydrogen) atoms. The second-order valence-electron chi connectivity index (χ2n) is 5.74. The van der Waals surface area contributed by atoms with E-state index in [0.29, 0.717) is 0 Å². The molecule has 0 bridgehead atoms. The molecule has 1 saturated heterocycles. The molecule has 9 nitrogen and oxygen atoms in total. The summed E-state index contributed by atoms with van der Waals surface area (Å²) in [7, 11) is -4.25. The van der Waals surface area contributed by atoms with E-state index < -0.39 is 53.3 Å². The molecular weight excluding hydrogens is 368 g/mol. The van der Waals surface area contributed by atoms with Crippen molar-refractivity contribution in [2.24, 2.45) is 0 Å². The van der Waals surface area contributed by atoms with Crippen molar-refractivity contribution in [3.8, 4) is 0 Å². The smallest absolute Gasteiger partial charge is 0.305 e. The number of rotatable bonds is 6. The molecule has 1 fully saturated rings. The van der Waals surface area contributed by atoms with Crippen molar-refractivity contribution in [1.29, 1.82) is 0 Å². The Morgan fingerprint density at radius 3 is 2.15 bits per heavy atom. The Labute approximate surface area is 150 Å². The zero-order valence-corrected chi connectivity index (χ0v) is 15.3. The van der Waals surface area contributed by atoms with Gasteiger partial charge in [-0.05, 0) is 19.1 Å². The number of aliphatic hydroxyl groups is 1. The predicted molar refractivity (Wildman–Crippen MR) is 86.3 cm³/mol. The fraction of sp³-hybridized carbons (Fsp3) is 0.500. The first-order valence-corrected chi connectivity index (χ1v) is 9.15. The Kier molecular flexibility index (Phi) is 6.34. The van der Waals surface area contributed by atoms with Crippen molar-refractivity contribution >= 4 is 22.1 Å². The van der Waals surface area contributed by atoms with E-state index in [-0.39, 0.29) is 4.90 Å². The Morgan fingerprint density at radius 2 is 1.65 bits per heavy atom. The number of hydrogen-bond acceptors (Lipinski definition) is 9. The van der Waals surface area contributed by atoms with Crippen LogP contribution in [-0.4, -0.2) is 56.7 Å². The zero-order chi connectivity index (χ0) is 19.5. The highest BCUT2D eigenvalue weighted by Gasteiger charge is 2.51. The molecule has 1 aromatic rings. The van der Waals surface area contributed by atoms with Gasteiger partial charge in [0.15, 0.2) is 6.10 Å². The molecule has 0 aliphatic carbocycles. The second kappa shape index (κ2) is 8.12. The lowest BCUT2D eigenvalue weighted by Gasteiger charge is -2.22. The lowest BCUT2D eigenvalue weighted by molar-refractivity contribution is -0.195. The van der Waals surface area contributed by atoms with E-state index in [2.05, 4.69) is 0 Å². The van der Waals surface area contributed by atoms with Crippen LogP contribution in [0.3, 0.4) is 0 Å². The van der Waals surface area contributed by atoms with Crippen molar-refractivity contribution < 1.29 is 41.5 Å². The molecule has 1 heterocycles. The number of ether oxygens (including phenoxy) is 3. The quantitative estimate of drug-likeness (QED) is 0.540. The van der Waals surface area contributed by atoms with Crippen LogP contribution < -0.4 is 0 Å². The molecule has 2 rings (SSSR count). The van der Waals surface area contributed by atoms with Gasteiger partial charge in [-0.25, -0.2) is 0 Å². The van der Waals surface area contributed by atoms with Crippen LogP contribution in [0.1, 0.15) is 19.4 Å². The molecule has 4 atom stereocenters. The molecule has 1 aliphatic heterocycles. The van der Waals surface area contributed by atoms with E-state index in [1.807, 2.05) is 0 Å². The summed E-state index contributed by atoms with van der Waals surface area (Å²) in [6.45, 7) is 3.37. The zero-order valence-electron chi connectivity index (χ0n) is 14.4. The molecule has 1 aromatic carbocycles. The summed E-state index contributed by atoms with van der Waals surface area (Å²) in [6.07, 6.45) is -5.32. The minimum absolute atomic E-state index is 0.114. The normalized spacial score (nSPS) is 25.7. The van der Waals surface area contributed by atoms with Gasteiger partial charge in [0.2, 0.25) is 6.29 Å². The highest BCUT2D eigenvalue weighted by molar-refractivity contribution is 7.86. The lowest BCUT2D eigenvalue weighted by atomic mass is 10.1. The van der Waals surface area contributed by atoms with Crippen LogP contribution in [0.5, 0.6) is 0 Å². The molecule has 10 heteroatoms. The first kappa shape index (κ1) is 20.3. The van der Waals surface area contributed by atoms with Crippen LogP contribution >= 0.6 is 0 Å². The van der Waals surface area contributed by atoms with Gasteiger partial charge < -0.3 is 19.3 Å². The third-order valence-corrected chi connectivity index (χ3v) is 4.90. The maximum atomic E-state index is 12.5. The van der Waals surface area contributed by atoms with E-state index in [1.165, 1.54) is 12.1 Å². The third-order valence-electron chi connectivity index (χ3n) is 3.58. The van der Waals surface area contributed by atoms with Gasteiger partial charge in [0, 0.05) is 13.8 Å². The van der Waals surface area contributed by atoms with Crippen molar-refractivity contribution in [2.45, 2.75) is 50.3 Å². The topological polar surface area (TPSA) is 125 Å². The predicted octanol–water partition coefficient (Wildman–Crippen LogP) is 0.281. The van der Waals surface area contributed by atoms with Crippen LogP contribution in [0.15, 0.2) is 29.2 Å². The number of aliphatic hydroxyl groups excluding tert-OH is 1. The maximum absolute atomic E-state index is 12.5. The molecule has 1 N–H and O–H groups in total. The van der Waals surface area contributed by atoms with Crippen molar-refractivity contribution in [2.75, 3.05) is 6.61 Å². The second-order valence-corrected chi connectivity index (χ2v) is 7.31. The third kappa shape index (κ3) is 4.79. The van der Waals surface area contributed by atoms with Crippen LogP contribution in [0.4, 0.5) is 0 Å². The van der Waals surface area contributed by atoms with Crippen molar-refractivity contribution in [3.63, 3.8) is 0 Å². The number of benzene rings is 1. The number of aryl methyl sites for hydroxylation is 1. The maximum Gasteiger partial charge on any atom is 0.305 e. The Bertz CT molecular complexity index is 756. The number of carbonyl (C=O) groups is 2. The van der Waals surface area contributed by atoms with Gasteiger partial charge >= 0.3 is 11.9 Å².